The van der Waals surface area contributed by atoms with Crippen LogP contribution in [0, 0.1) is 6.92 Å². The molecule has 1 aliphatic heterocycles. The van der Waals surface area contributed by atoms with Crippen LogP contribution in [0.25, 0.3) is 0 Å². The Morgan fingerprint density at radius 2 is 1.60 bits per heavy atom. The van der Waals surface area contributed by atoms with Crippen LogP contribution in [0.3, 0.4) is 0 Å². The quantitative estimate of drug-likeness (QED) is 0.732. The number of carbonyl (C=O) groups is 2. The average molecular weight is 432 g/mol. The summed E-state index contributed by atoms with van der Waals surface area (Å²) in [5.74, 6) is -0.502. The first-order chi connectivity index (χ1) is 14.3. The molecule has 0 aliphatic carbocycles. The zero-order chi connectivity index (χ0) is 21.7. The lowest BCUT2D eigenvalue weighted by Crippen LogP contribution is -2.40. The molecule has 30 heavy (non-hydrogen) atoms. The minimum atomic E-state index is -3.69. The van der Waals surface area contributed by atoms with E-state index in [-0.39, 0.29) is 16.4 Å². The summed E-state index contributed by atoms with van der Waals surface area (Å²) in [6.07, 6.45) is 0.376. The van der Waals surface area contributed by atoms with E-state index >= 15 is 0 Å². The predicted octanol–water partition coefficient (Wildman–Crippen LogP) is 2.62. The van der Waals surface area contributed by atoms with E-state index in [0.29, 0.717) is 49.7 Å². The van der Waals surface area contributed by atoms with Gasteiger partial charge in [0.15, 0.2) is 0 Å². The Labute approximate surface area is 176 Å². The minimum absolute atomic E-state index is 0.0813. The van der Waals surface area contributed by atoms with Crippen molar-refractivity contribution >= 4 is 33.2 Å². The van der Waals surface area contributed by atoms with Gasteiger partial charge in [-0.25, -0.2) is 8.42 Å². The van der Waals surface area contributed by atoms with Crippen LogP contribution < -0.4 is 10.6 Å². The van der Waals surface area contributed by atoms with Gasteiger partial charge >= 0.3 is 0 Å². The highest BCUT2D eigenvalue weighted by Crippen LogP contribution is 2.22. The van der Waals surface area contributed by atoms with E-state index in [0.717, 1.165) is 0 Å². The maximum Gasteiger partial charge on any atom is 0.255 e. The van der Waals surface area contributed by atoms with Crippen LogP contribution in [0.5, 0.6) is 0 Å². The van der Waals surface area contributed by atoms with Gasteiger partial charge < -0.3 is 15.4 Å². The topological polar surface area (TPSA) is 105 Å². The van der Waals surface area contributed by atoms with Crippen molar-refractivity contribution < 1.29 is 22.7 Å². The van der Waals surface area contributed by atoms with E-state index in [1.54, 1.807) is 44.2 Å². The number of ether oxygens (including phenoxy) is 1. The predicted molar refractivity (Wildman–Crippen MR) is 114 cm³/mol. The molecule has 0 radical (unpaired) electrons. The van der Waals surface area contributed by atoms with Crippen LogP contribution in [0.15, 0.2) is 47.4 Å². The molecular formula is C21H25N3O5S. The molecule has 2 aromatic carbocycles. The molecule has 0 bridgehead atoms. The summed E-state index contributed by atoms with van der Waals surface area (Å²) in [4.78, 5) is 24.3. The van der Waals surface area contributed by atoms with Crippen molar-refractivity contribution in [3.63, 3.8) is 0 Å². The van der Waals surface area contributed by atoms with Gasteiger partial charge in [-0.2, -0.15) is 4.31 Å². The number of rotatable bonds is 6. The minimum Gasteiger partial charge on any atom is -0.379 e. The van der Waals surface area contributed by atoms with Crippen molar-refractivity contribution in [2.75, 3.05) is 36.9 Å². The largest absolute Gasteiger partial charge is 0.379 e. The Hall–Kier alpha value is -2.75. The highest BCUT2D eigenvalue weighted by molar-refractivity contribution is 7.89. The number of hydrogen-bond donors (Lipinski definition) is 2. The molecule has 2 aromatic rings. The lowest BCUT2D eigenvalue weighted by atomic mass is 10.1. The van der Waals surface area contributed by atoms with Gasteiger partial charge in [-0.15, -0.1) is 0 Å². The summed E-state index contributed by atoms with van der Waals surface area (Å²) in [7, 11) is -3.69. The highest BCUT2D eigenvalue weighted by Gasteiger charge is 2.27. The van der Waals surface area contributed by atoms with Crippen molar-refractivity contribution in [1.29, 1.82) is 0 Å². The monoisotopic (exact) mass is 431 g/mol. The molecule has 1 fully saturated rings. The van der Waals surface area contributed by atoms with Crippen LogP contribution in [-0.2, 0) is 19.6 Å². The molecule has 2 amide bonds. The Kier molecular flexibility index (Phi) is 6.86. The number of amides is 2. The van der Waals surface area contributed by atoms with E-state index < -0.39 is 15.9 Å². The number of morpholine rings is 1. The summed E-state index contributed by atoms with van der Waals surface area (Å²) in [6.45, 7) is 4.81. The van der Waals surface area contributed by atoms with Crippen molar-refractivity contribution in [3.8, 4) is 0 Å². The number of anilines is 2. The first-order valence-electron chi connectivity index (χ1n) is 9.71. The van der Waals surface area contributed by atoms with E-state index in [1.807, 2.05) is 0 Å². The third-order valence-corrected chi connectivity index (χ3v) is 6.70. The molecule has 3 rings (SSSR count). The summed E-state index contributed by atoms with van der Waals surface area (Å²) in [5.41, 5.74) is 2.12. The van der Waals surface area contributed by atoms with Crippen molar-refractivity contribution in [3.05, 3.63) is 53.6 Å². The molecule has 2 N–H and O–H groups in total. The number of aryl methyl sites for hydroxylation is 1. The van der Waals surface area contributed by atoms with Crippen LogP contribution in [0.4, 0.5) is 11.4 Å². The van der Waals surface area contributed by atoms with Crippen molar-refractivity contribution in [2.24, 2.45) is 0 Å². The molecule has 8 nitrogen and oxygen atoms in total. The lowest BCUT2D eigenvalue weighted by Gasteiger charge is -2.26. The Bertz CT molecular complexity index is 1030. The molecule has 1 aliphatic rings. The fraction of sp³-hybridized carbons (Fsp3) is 0.333. The molecule has 1 saturated heterocycles. The third-order valence-electron chi connectivity index (χ3n) is 4.81. The molecule has 0 unspecified atom stereocenters. The van der Waals surface area contributed by atoms with Gasteiger partial charge in [0.25, 0.3) is 5.91 Å². The maximum absolute atomic E-state index is 12.9. The normalized spacial score (nSPS) is 14.9. The molecule has 0 saturated carbocycles. The van der Waals surface area contributed by atoms with Gasteiger partial charge in [0, 0.05) is 36.4 Å². The fourth-order valence-electron chi connectivity index (χ4n) is 3.03. The number of sulfonamides is 1. The van der Waals surface area contributed by atoms with Gasteiger partial charge in [0.2, 0.25) is 15.9 Å². The standard InChI is InChI=1S/C21H25N3O5S/c1-3-20(25)22-16-5-7-17(8-6-16)23-21(26)19-14-18(9-4-15(19)2)30(27,28)24-10-12-29-13-11-24/h4-9,14H,3,10-13H2,1-2H3,(H,22,25)(H,23,26). The Morgan fingerprint density at radius 1 is 1.00 bits per heavy atom. The second-order valence-electron chi connectivity index (χ2n) is 6.93. The third kappa shape index (κ3) is 5.05. The van der Waals surface area contributed by atoms with Gasteiger partial charge in [0.1, 0.15) is 0 Å². The van der Waals surface area contributed by atoms with Gasteiger partial charge in [-0.05, 0) is 48.9 Å². The van der Waals surface area contributed by atoms with Crippen molar-refractivity contribution in [2.45, 2.75) is 25.2 Å². The van der Waals surface area contributed by atoms with Crippen LogP contribution in [-0.4, -0.2) is 50.8 Å². The van der Waals surface area contributed by atoms with Crippen LogP contribution in [0.1, 0.15) is 29.3 Å². The summed E-state index contributed by atoms with van der Waals surface area (Å²) >= 11 is 0. The Morgan fingerprint density at radius 3 is 2.20 bits per heavy atom. The molecule has 0 spiro atoms. The average Bonchev–Trinajstić information content (AvgIpc) is 2.75. The number of nitrogens with zero attached hydrogens (tertiary/aromatic N) is 1. The number of benzene rings is 2. The smallest absolute Gasteiger partial charge is 0.255 e. The van der Waals surface area contributed by atoms with Gasteiger partial charge in [-0.1, -0.05) is 13.0 Å². The molecule has 160 valence electrons. The lowest BCUT2D eigenvalue weighted by molar-refractivity contribution is -0.115. The second kappa shape index (κ2) is 9.38. The molecule has 1 heterocycles. The first kappa shape index (κ1) is 21.9. The molecule has 0 aromatic heterocycles. The SMILES string of the molecule is CCC(=O)Nc1ccc(NC(=O)c2cc(S(=O)(=O)N3CCOCC3)ccc2C)cc1. The van der Waals surface area contributed by atoms with E-state index in [4.69, 9.17) is 4.74 Å². The van der Waals surface area contributed by atoms with Gasteiger partial charge in [-0.3, -0.25) is 9.59 Å². The summed E-state index contributed by atoms with van der Waals surface area (Å²) in [5, 5.41) is 5.51. The Balaban J connectivity index is 1.77. The van der Waals surface area contributed by atoms with Crippen LogP contribution >= 0.6 is 0 Å². The number of hydrogen-bond acceptors (Lipinski definition) is 5. The van der Waals surface area contributed by atoms with Crippen LogP contribution in [0.2, 0.25) is 0 Å². The first-order valence-corrected chi connectivity index (χ1v) is 11.1. The summed E-state index contributed by atoms with van der Waals surface area (Å²) < 4.78 is 32.4. The highest BCUT2D eigenvalue weighted by atomic mass is 32.2. The van der Waals surface area contributed by atoms with Gasteiger partial charge in [0.05, 0.1) is 18.1 Å². The second-order valence-corrected chi connectivity index (χ2v) is 8.86. The van der Waals surface area contributed by atoms with E-state index in [9.17, 15) is 18.0 Å². The van der Waals surface area contributed by atoms with E-state index in [1.165, 1.54) is 16.4 Å². The van der Waals surface area contributed by atoms with E-state index in [2.05, 4.69) is 10.6 Å². The maximum atomic E-state index is 12.9. The fourth-order valence-corrected chi connectivity index (χ4v) is 4.46. The molecule has 0 atom stereocenters. The van der Waals surface area contributed by atoms with Crippen molar-refractivity contribution in [1.82, 2.24) is 4.31 Å². The zero-order valence-electron chi connectivity index (χ0n) is 17.0. The number of nitrogens with one attached hydrogen (secondary N) is 2. The molecule has 9 heteroatoms. The summed E-state index contributed by atoms with van der Waals surface area (Å²) in [6, 6.07) is 11.3. The zero-order valence-corrected chi connectivity index (χ0v) is 17.8. The molecular weight excluding hydrogens is 406 g/mol. The number of carbonyl (C=O) groups excluding carboxylic acids is 2.